The first-order valence-corrected chi connectivity index (χ1v) is 10.6. The largest absolute Gasteiger partial charge is 0.322 e. The van der Waals surface area contributed by atoms with E-state index in [1.54, 1.807) is 24.3 Å². The van der Waals surface area contributed by atoms with Crippen LogP contribution in [-0.2, 0) is 9.59 Å². The van der Waals surface area contributed by atoms with E-state index in [2.05, 4.69) is 17.5 Å². The molecule has 6 atom stereocenters. The maximum Gasteiger partial charge on any atom is 0.255 e. The van der Waals surface area contributed by atoms with Crippen LogP contribution < -0.4 is 10.2 Å². The lowest BCUT2D eigenvalue weighted by molar-refractivity contribution is -0.124. The van der Waals surface area contributed by atoms with Gasteiger partial charge in [-0.2, -0.15) is 0 Å². The summed E-state index contributed by atoms with van der Waals surface area (Å²) in [6.07, 6.45) is 5.48. The van der Waals surface area contributed by atoms with Gasteiger partial charge in [0.05, 0.1) is 17.5 Å². The van der Waals surface area contributed by atoms with Crippen molar-refractivity contribution in [2.45, 2.75) is 13.3 Å². The van der Waals surface area contributed by atoms with Crippen molar-refractivity contribution in [3.63, 3.8) is 0 Å². The Morgan fingerprint density at radius 3 is 2.20 bits per heavy atom. The maximum absolute atomic E-state index is 13.3. The average molecular weight is 398 g/mol. The fourth-order valence-electron chi connectivity index (χ4n) is 5.84. The number of imide groups is 1. The summed E-state index contributed by atoms with van der Waals surface area (Å²) < 4.78 is 0. The molecule has 5 aliphatic rings. The maximum atomic E-state index is 13.3. The Morgan fingerprint density at radius 2 is 1.57 bits per heavy atom. The van der Waals surface area contributed by atoms with Crippen molar-refractivity contribution >= 4 is 29.1 Å². The number of anilines is 2. The topological polar surface area (TPSA) is 66.5 Å². The summed E-state index contributed by atoms with van der Waals surface area (Å²) in [5.74, 6) is 0.590. The number of carbonyl (C=O) groups excluding carboxylic acids is 3. The third-order valence-corrected chi connectivity index (χ3v) is 7.34. The first-order chi connectivity index (χ1) is 14.5. The molecule has 1 saturated heterocycles. The van der Waals surface area contributed by atoms with Crippen LogP contribution in [0.1, 0.15) is 22.3 Å². The van der Waals surface area contributed by atoms with Gasteiger partial charge in [0.25, 0.3) is 5.91 Å². The van der Waals surface area contributed by atoms with Crippen LogP contribution in [0.25, 0.3) is 0 Å². The molecule has 2 bridgehead atoms. The molecule has 0 radical (unpaired) electrons. The second-order valence-electron chi connectivity index (χ2n) is 9.04. The van der Waals surface area contributed by atoms with Gasteiger partial charge in [0.1, 0.15) is 0 Å². The van der Waals surface area contributed by atoms with E-state index >= 15 is 0 Å². The second kappa shape index (κ2) is 6.14. The van der Waals surface area contributed by atoms with Crippen LogP contribution in [0.15, 0.2) is 60.7 Å². The van der Waals surface area contributed by atoms with E-state index in [-0.39, 0.29) is 41.4 Å². The van der Waals surface area contributed by atoms with E-state index in [1.807, 2.05) is 31.2 Å². The van der Waals surface area contributed by atoms with Crippen LogP contribution in [0.3, 0.4) is 0 Å². The van der Waals surface area contributed by atoms with Crippen LogP contribution in [-0.4, -0.2) is 17.7 Å². The van der Waals surface area contributed by atoms with Crippen LogP contribution in [0.5, 0.6) is 0 Å². The van der Waals surface area contributed by atoms with Gasteiger partial charge < -0.3 is 5.32 Å². The zero-order valence-corrected chi connectivity index (χ0v) is 16.6. The highest BCUT2D eigenvalue weighted by Crippen LogP contribution is 2.65. The number of benzene rings is 2. The van der Waals surface area contributed by atoms with E-state index in [0.29, 0.717) is 28.8 Å². The number of amides is 3. The molecule has 0 aromatic heterocycles. The first-order valence-electron chi connectivity index (χ1n) is 10.6. The minimum atomic E-state index is -0.264. The molecule has 5 heteroatoms. The zero-order chi connectivity index (χ0) is 20.6. The number of carbonyl (C=O) groups is 3. The molecule has 1 heterocycles. The van der Waals surface area contributed by atoms with E-state index in [4.69, 9.17) is 0 Å². The van der Waals surface area contributed by atoms with Gasteiger partial charge in [-0.05, 0) is 67.3 Å². The highest BCUT2D eigenvalue weighted by Gasteiger charge is 2.67. The normalized spacial score (nSPS) is 32.8. The Balaban J connectivity index is 1.28. The third-order valence-electron chi connectivity index (χ3n) is 7.34. The highest BCUT2D eigenvalue weighted by molar-refractivity contribution is 6.23. The van der Waals surface area contributed by atoms with E-state index in [9.17, 15) is 14.4 Å². The number of nitrogens with zero attached hydrogens (tertiary/aromatic N) is 1. The fraction of sp³-hybridized carbons (Fsp3) is 0.320. The van der Waals surface area contributed by atoms with Crippen molar-refractivity contribution < 1.29 is 14.4 Å². The van der Waals surface area contributed by atoms with Gasteiger partial charge in [0.2, 0.25) is 11.8 Å². The number of aryl methyl sites for hydroxylation is 1. The molecule has 30 heavy (non-hydrogen) atoms. The minimum Gasteiger partial charge on any atom is -0.322 e. The van der Waals surface area contributed by atoms with Crippen LogP contribution in [0, 0.1) is 42.4 Å². The standard InChI is InChI=1S/C25H22N2O3/c1-13-5-7-15(8-6-13)26-23(28)14-3-2-4-16(11-14)27-24(29)21-17-9-10-18(20-12-19(17)20)22(21)25(27)30/h2-11,17-22H,12H2,1H3,(H,26,28)/t17-,18-,19-,20-,21+,22+/m0/s1. The van der Waals surface area contributed by atoms with Crippen LogP contribution in [0.2, 0.25) is 0 Å². The third kappa shape index (κ3) is 2.44. The summed E-state index contributed by atoms with van der Waals surface area (Å²) in [5.41, 5.74) is 2.73. The molecule has 5 nitrogen and oxygen atoms in total. The van der Waals surface area contributed by atoms with Gasteiger partial charge in [-0.15, -0.1) is 0 Å². The number of hydrogen-bond donors (Lipinski definition) is 1. The Kier molecular flexibility index (Phi) is 3.61. The molecule has 3 fully saturated rings. The summed E-state index contributed by atoms with van der Waals surface area (Å²) in [4.78, 5) is 40.6. The summed E-state index contributed by atoms with van der Waals surface area (Å²) in [5, 5.41) is 2.87. The molecule has 7 rings (SSSR count). The lowest BCUT2D eigenvalue weighted by Crippen LogP contribution is -2.40. The number of nitrogens with one attached hydrogen (secondary N) is 1. The molecule has 150 valence electrons. The van der Waals surface area contributed by atoms with E-state index in [1.165, 1.54) is 4.90 Å². The van der Waals surface area contributed by atoms with Crippen molar-refractivity contribution in [2.24, 2.45) is 35.5 Å². The molecular weight excluding hydrogens is 376 g/mol. The Labute approximate surface area is 174 Å². The molecule has 0 unspecified atom stereocenters. The lowest BCUT2D eigenvalue weighted by Gasteiger charge is -2.37. The number of allylic oxidation sites excluding steroid dienone is 2. The monoisotopic (exact) mass is 398 g/mol. The van der Waals surface area contributed by atoms with Gasteiger partial charge in [-0.25, -0.2) is 4.90 Å². The van der Waals surface area contributed by atoms with Gasteiger partial charge in [-0.3, -0.25) is 14.4 Å². The van der Waals surface area contributed by atoms with E-state index < -0.39 is 0 Å². The molecule has 2 aromatic rings. The van der Waals surface area contributed by atoms with Crippen molar-refractivity contribution in [1.82, 2.24) is 0 Å². The summed E-state index contributed by atoms with van der Waals surface area (Å²) in [6.45, 7) is 1.99. The Hall–Kier alpha value is -3.21. The summed E-state index contributed by atoms with van der Waals surface area (Å²) in [7, 11) is 0. The van der Waals surface area contributed by atoms with Crippen LogP contribution >= 0.6 is 0 Å². The molecule has 4 aliphatic carbocycles. The SMILES string of the molecule is Cc1ccc(NC(=O)c2cccc(N3C(=O)[C@@H]4[C@H]5C=C[C@@H]([C@@H]6C[C@@H]56)[C@H]4C3=O)c2)cc1. The molecular formula is C25H22N2O3. The second-order valence-corrected chi connectivity index (χ2v) is 9.04. The Bertz CT molecular complexity index is 1080. The van der Waals surface area contributed by atoms with Gasteiger partial charge in [0.15, 0.2) is 0 Å². The quantitative estimate of drug-likeness (QED) is 0.632. The van der Waals surface area contributed by atoms with Gasteiger partial charge >= 0.3 is 0 Å². The summed E-state index contributed by atoms with van der Waals surface area (Å²) >= 11 is 0. The molecule has 3 amide bonds. The fourth-order valence-corrected chi connectivity index (χ4v) is 5.84. The number of hydrogen-bond acceptors (Lipinski definition) is 3. The first kappa shape index (κ1) is 17.6. The molecule has 1 aliphatic heterocycles. The average Bonchev–Trinajstić information content (AvgIpc) is 3.53. The highest BCUT2D eigenvalue weighted by atomic mass is 16.2. The Morgan fingerprint density at radius 1 is 0.933 bits per heavy atom. The van der Waals surface area contributed by atoms with Crippen molar-refractivity contribution in [3.05, 3.63) is 71.8 Å². The van der Waals surface area contributed by atoms with Crippen molar-refractivity contribution in [1.29, 1.82) is 0 Å². The van der Waals surface area contributed by atoms with E-state index in [0.717, 1.165) is 12.0 Å². The van der Waals surface area contributed by atoms with Gasteiger partial charge in [-0.1, -0.05) is 35.9 Å². The van der Waals surface area contributed by atoms with Gasteiger partial charge in [0, 0.05) is 11.3 Å². The summed E-state index contributed by atoms with van der Waals surface area (Å²) in [6, 6.07) is 14.4. The van der Waals surface area contributed by atoms with Crippen molar-refractivity contribution in [3.8, 4) is 0 Å². The smallest absolute Gasteiger partial charge is 0.255 e. The van der Waals surface area contributed by atoms with Crippen molar-refractivity contribution in [2.75, 3.05) is 10.2 Å². The molecule has 2 saturated carbocycles. The lowest BCUT2D eigenvalue weighted by atomic mass is 9.63. The molecule has 1 N–H and O–H groups in total. The predicted molar refractivity (Wildman–Crippen MR) is 113 cm³/mol. The number of rotatable bonds is 3. The molecule has 0 spiro atoms. The molecule has 2 aromatic carbocycles. The predicted octanol–water partition coefficient (Wildman–Crippen LogP) is 3.80. The minimum absolute atomic E-state index is 0.106. The van der Waals surface area contributed by atoms with Crippen LogP contribution in [0.4, 0.5) is 11.4 Å². The zero-order valence-electron chi connectivity index (χ0n) is 16.6.